The molecule has 0 bridgehead atoms. The fourth-order valence-electron chi connectivity index (χ4n) is 2.44. The molecule has 0 saturated heterocycles. The molecule has 2 aromatic heterocycles. The molecule has 8 heteroatoms. The number of aryl methyl sites for hydroxylation is 2. The molecule has 136 valence electrons. The lowest BCUT2D eigenvalue weighted by atomic mass is 10.0. The molecule has 3 aromatic rings. The van der Waals surface area contributed by atoms with Crippen LogP contribution < -0.4 is 5.43 Å². The van der Waals surface area contributed by atoms with Gasteiger partial charge in [0, 0.05) is 24.0 Å². The Kier molecular flexibility index (Phi) is 5.07. The highest BCUT2D eigenvalue weighted by Crippen LogP contribution is 2.33. The second-order valence-electron chi connectivity index (χ2n) is 5.85. The monoisotopic (exact) mass is 364 g/mol. The van der Waals surface area contributed by atoms with Crippen LogP contribution in [0, 0.1) is 24.0 Å². The van der Waals surface area contributed by atoms with E-state index in [1.54, 1.807) is 30.3 Å². The molecular formula is C19H16N4O4. The summed E-state index contributed by atoms with van der Waals surface area (Å²) < 4.78 is 5.63. The average Bonchev–Trinajstić information content (AvgIpc) is 3.12. The minimum Gasteiger partial charge on any atom is -0.455 e. The van der Waals surface area contributed by atoms with Crippen LogP contribution in [0.5, 0.6) is 0 Å². The minimum absolute atomic E-state index is 0.0260. The zero-order chi connectivity index (χ0) is 19.4. The van der Waals surface area contributed by atoms with Crippen LogP contribution in [-0.4, -0.2) is 22.0 Å². The standard InChI is InChI=1S/C19H16N4O4/c1-12-9-16(17(23(25)26)10-13(12)2)18-4-3-15(27-18)11-21-22-19(24)14-5-7-20-8-6-14/h3-11H,1-2H3,(H,22,24)/b21-11-. The number of furan rings is 1. The first-order valence-corrected chi connectivity index (χ1v) is 8.05. The first-order chi connectivity index (χ1) is 13.0. The average molecular weight is 364 g/mol. The molecule has 0 unspecified atom stereocenters. The summed E-state index contributed by atoms with van der Waals surface area (Å²) in [5.74, 6) is 0.324. The van der Waals surface area contributed by atoms with Gasteiger partial charge in [0.2, 0.25) is 0 Å². The molecule has 3 rings (SSSR count). The van der Waals surface area contributed by atoms with Crippen molar-refractivity contribution in [3.63, 3.8) is 0 Å². The normalized spacial score (nSPS) is 10.9. The van der Waals surface area contributed by atoms with E-state index in [4.69, 9.17) is 4.42 Å². The predicted molar refractivity (Wildman–Crippen MR) is 99.6 cm³/mol. The van der Waals surface area contributed by atoms with Crippen molar-refractivity contribution in [1.82, 2.24) is 10.4 Å². The Morgan fingerprint density at radius 3 is 2.59 bits per heavy atom. The largest absolute Gasteiger partial charge is 0.455 e. The van der Waals surface area contributed by atoms with E-state index in [9.17, 15) is 14.9 Å². The summed E-state index contributed by atoms with van der Waals surface area (Å²) >= 11 is 0. The number of aromatic nitrogens is 1. The summed E-state index contributed by atoms with van der Waals surface area (Å²) in [6.45, 7) is 3.69. The molecule has 1 aromatic carbocycles. The number of hydrogen-bond donors (Lipinski definition) is 1. The van der Waals surface area contributed by atoms with E-state index in [-0.39, 0.29) is 11.6 Å². The van der Waals surface area contributed by atoms with Crippen LogP contribution in [0.3, 0.4) is 0 Å². The van der Waals surface area contributed by atoms with Gasteiger partial charge < -0.3 is 4.42 Å². The summed E-state index contributed by atoms with van der Waals surface area (Å²) in [6, 6.07) is 9.62. The number of nitro groups is 1. The fourth-order valence-corrected chi connectivity index (χ4v) is 2.44. The smallest absolute Gasteiger partial charge is 0.280 e. The molecule has 1 amide bonds. The molecule has 27 heavy (non-hydrogen) atoms. The predicted octanol–water partition coefficient (Wildman–Crippen LogP) is 3.63. The lowest BCUT2D eigenvalue weighted by Crippen LogP contribution is -2.17. The summed E-state index contributed by atoms with van der Waals surface area (Å²) in [5, 5.41) is 15.2. The van der Waals surface area contributed by atoms with Crippen molar-refractivity contribution >= 4 is 17.8 Å². The number of hydrazone groups is 1. The molecule has 0 fully saturated rings. The van der Waals surface area contributed by atoms with Gasteiger partial charge in [-0.05, 0) is 55.3 Å². The molecule has 0 radical (unpaired) electrons. The second-order valence-corrected chi connectivity index (χ2v) is 5.85. The molecule has 0 saturated carbocycles. The van der Waals surface area contributed by atoms with Crippen molar-refractivity contribution in [2.24, 2.45) is 5.10 Å². The number of amides is 1. The maximum Gasteiger partial charge on any atom is 0.280 e. The first kappa shape index (κ1) is 18.0. The minimum atomic E-state index is -0.438. The van der Waals surface area contributed by atoms with E-state index >= 15 is 0 Å². The summed E-state index contributed by atoms with van der Waals surface area (Å²) in [7, 11) is 0. The van der Waals surface area contributed by atoms with Gasteiger partial charge in [0.1, 0.15) is 11.5 Å². The molecule has 8 nitrogen and oxygen atoms in total. The second kappa shape index (κ2) is 7.61. The zero-order valence-electron chi connectivity index (χ0n) is 14.7. The Morgan fingerprint density at radius 2 is 1.89 bits per heavy atom. The van der Waals surface area contributed by atoms with Gasteiger partial charge in [-0.3, -0.25) is 19.9 Å². The Hall–Kier alpha value is -3.81. The molecule has 1 N–H and O–H groups in total. The van der Waals surface area contributed by atoms with E-state index in [0.717, 1.165) is 11.1 Å². The number of hydrogen-bond acceptors (Lipinski definition) is 6. The molecule has 0 aliphatic heterocycles. The number of rotatable bonds is 5. The lowest BCUT2D eigenvalue weighted by Gasteiger charge is -2.04. The van der Waals surface area contributed by atoms with Crippen LogP contribution in [0.2, 0.25) is 0 Å². The number of benzene rings is 1. The SMILES string of the molecule is Cc1cc(-c2ccc(/C=N\NC(=O)c3ccncc3)o2)c([N+](=O)[O-])cc1C. The van der Waals surface area contributed by atoms with Crippen LogP contribution in [0.1, 0.15) is 27.2 Å². The van der Waals surface area contributed by atoms with Crippen LogP contribution >= 0.6 is 0 Å². The van der Waals surface area contributed by atoms with Crippen molar-refractivity contribution in [1.29, 1.82) is 0 Å². The van der Waals surface area contributed by atoms with Crippen molar-refractivity contribution in [2.45, 2.75) is 13.8 Å². The van der Waals surface area contributed by atoms with Crippen molar-refractivity contribution in [3.8, 4) is 11.3 Å². The topological polar surface area (TPSA) is 111 Å². The molecular weight excluding hydrogens is 348 g/mol. The van der Waals surface area contributed by atoms with E-state index < -0.39 is 4.92 Å². The van der Waals surface area contributed by atoms with E-state index in [0.29, 0.717) is 22.6 Å². The highest BCUT2D eigenvalue weighted by atomic mass is 16.6. The molecule has 0 aliphatic carbocycles. The Bertz CT molecular complexity index is 1030. The first-order valence-electron chi connectivity index (χ1n) is 8.05. The Balaban J connectivity index is 1.78. The number of carbonyl (C=O) groups is 1. The molecule has 0 spiro atoms. The number of carbonyl (C=O) groups excluding carboxylic acids is 1. The highest BCUT2D eigenvalue weighted by Gasteiger charge is 2.19. The quantitative estimate of drug-likeness (QED) is 0.422. The Morgan fingerprint density at radius 1 is 1.19 bits per heavy atom. The fraction of sp³-hybridized carbons (Fsp3) is 0.105. The van der Waals surface area contributed by atoms with Gasteiger partial charge in [0.05, 0.1) is 16.7 Å². The van der Waals surface area contributed by atoms with Crippen LogP contribution in [-0.2, 0) is 0 Å². The van der Waals surface area contributed by atoms with Crippen LogP contribution in [0.15, 0.2) is 58.3 Å². The third-order valence-electron chi connectivity index (χ3n) is 4.00. The van der Waals surface area contributed by atoms with Crippen molar-refractivity contribution in [3.05, 3.63) is 81.4 Å². The molecule has 0 atom stereocenters. The van der Waals surface area contributed by atoms with Gasteiger partial charge in [0.25, 0.3) is 11.6 Å². The van der Waals surface area contributed by atoms with E-state index in [1.807, 2.05) is 13.8 Å². The van der Waals surface area contributed by atoms with E-state index in [1.165, 1.54) is 24.7 Å². The third kappa shape index (κ3) is 4.06. The van der Waals surface area contributed by atoms with Crippen LogP contribution in [0.4, 0.5) is 5.69 Å². The maximum atomic E-state index is 11.9. The number of nitro benzene ring substituents is 1. The maximum absolute atomic E-state index is 11.9. The Labute approximate surface area is 154 Å². The zero-order valence-corrected chi connectivity index (χ0v) is 14.7. The number of pyridine rings is 1. The summed E-state index contributed by atoms with van der Waals surface area (Å²) in [4.78, 5) is 26.6. The highest BCUT2D eigenvalue weighted by molar-refractivity contribution is 5.94. The van der Waals surface area contributed by atoms with Crippen LogP contribution in [0.25, 0.3) is 11.3 Å². The van der Waals surface area contributed by atoms with Gasteiger partial charge in [-0.15, -0.1) is 0 Å². The van der Waals surface area contributed by atoms with Gasteiger partial charge in [0.15, 0.2) is 0 Å². The summed E-state index contributed by atoms with van der Waals surface area (Å²) in [5.41, 5.74) is 4.92. The molecule has 0 aliphatic rings. The van der Waals surface area contributed by atoms with Gasteiger partial charge in [-0.1, -0.05) is 0 Å². The lowest BCUT2D eigenvalue weighted by molar-refractivity contribution is -0.384. The van der Waals surface area contributed by atoms with Gasteiger partial charge >= 0.3 is 0 Å². The van der Waals surface area contributed by atoms with Crippen molar-refractivity contribution < 1.29 is 14.1 Å². The van der Waals surface area contributed by atoms with E-state index in [2.05, 4.69) is 15.5 Å². The number of nitrogens with one attached hydrogen (secondary N) is 1. The molecule has 2 heterocycles. The summed E-state index contributed by atoms with van der Waals surface area (Å²) in [6.07, 6.45) is 4.34. The van der Waals surface area contributed by atoms with Gasteiger partial charge in [-0.25, -0.2) is 5.43 Å². The van der Waals surface area contributed by atoms with Gasteiger partial charge in [-0.2, -0.15) is 5.10 Å². The van der Waals surface area contributed by atoms with Crippen molar-refractivity contribution in [2.75, 3.05) is 0 Å². The third-order valence-corrected chi connectivity index (χ3v) is 4.00. The number of nitrogens with zero attached hydrogens (tertiary/aromatic N) is 3.